The molecule has 1 fully saturated rings. The molecule has 1 saturated heterocycles. The highest BCUT2D eigenvalue weighted by Crippen LogP contribution is 2.17. The zero-order valence-electron chi connectivity index (χ0n) is 7.13. The first kappa shape index (κ1) is 8.10. The summed E-state index contributed by atoms with van der Waals surface area (Å²) in [6.45, 7) is 1.64. The first-order valence-corrected chi connectivity index (χ1v) is 4.27. The minimum Gasteiger partial charge on any atom is -0.377 e. The maximum Gasteiger partial charge on any atom is 0.147 e. The average Bonchev–Trinajstić information content (AvgIpc) is 2.70. The SMILES string of the molecule is O=C=C1NCCNC1c1ccc[nH]1. The minimum atomic E-state index is -0.0544. The third-order valence-electron chi connectivity index (χ3n) is 2.12. The van der Waals surface area contributed by atoms with E-state index in [1.165, 1.54) is 0 Å². The lowest BCUT2D eigenvalue weighted by atomic mass is 10.1. The molecule has 2 heterocycles. The molecular formula is C9H11N3O. The molecule has 0 spiro atoms. The molecule has 1 aromatic rings. The third-order valence-corrected chi connectivity index (χ3v) is 2.12. The minimum absolute atomic E-state index is 0.0544. The van der Waals surface area contributed by atoms with Crippen LogP contribution in [0.25, 0.3) is 0 Å². The van der Waals surface area contributed by atoms with Gasteiger partial charge in [0.15, 0.2) is 0 Å². The zero-order chi connectivity index (χ0) is 9.10. The van der Waals surface area contributed by atoms with E-state index in [2.05, 4.69) is 15.6 Å². The van der Waals surface area contributed by atoms with Gasteiger partial charge in [-0.2, -0.15) is 0 Å². The second-order valence-electron chi connectivity index (χ2n) is 2.96. The quantitative estimate of drug-likeness (QED) is 0.528. The number of aromatic amines is 1. The molecule has 1 aliphatic heterocycles. The van der Waals surface area contributed by atoms with E-state index in [1.807, 2.05) is 24.3 Å². The molecule has 1 aromatic heterocycles. The van der Waals surface area contributed by atoms with Crippen molar-refractivity contribution < 1.29 is 4.79 Å². The second-order valence-corrected chi connectivity index (χ2v) is 2.96. The Morgan fingerprint density at radius 1 is 1.46 bits per heavy atom. The van der Waals surface area contributed by atoms with Gasteiger partial charge in [-0.1, -0.05) is 0 Å². The van der Waals surface area contributed by atoms with E-state index < -0.39 is 0 Å². The van der Waals surface area contributed by atoms with Crippen LogP contribution in [0.5, 0.6) is 0 Å². The topological polar surface area (TPSA) is 56.9 Å². The molecule has 0 saturated carbocycles. The highest BCUT2D eigenvalue weighted by molar-refractivity contribution is 5.55. The van der Waals surface area contributed by atoms with E-state index >= 15 is 0 Å². The summed E-state index contributed by atoms with van der Waals surface area (Å²) in [4.78, 5) is 13.7. The van der Waals surface area contributed by atoms with Crippen molar-refractivity contribution in [3.63, 3.8) is 0 Å². The Balaban J connectivity index is 2.26. The van der Waals surface area contributed by atoms with E-state index in [-0.39, 0.29) is 6.04 Å². The molecule has 4 nitrogen and oxygen atoms in total. The number of H-pyrrole nitrogens is 1. The lowest BCUT2D eigenvalue weighted by molar-refractivity contribution is 0.483. The van der Waals surface area contributed by atoms with Crippen LogP contribution in [0.1, 0.15) is 11.7 Å². The molecule has 4 heteroatoms. The van der Waals surface area contributed by atoms with Crippen LogP contribution in [0, 0.1) is 0 Å². The van der Waals surface area contributed by atoms with Crippen molar-refractivity contribution in [1.82, 2.24) is 15.6 Å². The predicted octanol–water partition coefficient (Wildman–Crippen LogP) is -0.0359. The van der Waals surface area contributed by atoms with Gasteiger partial charge in [0, 0.05) is 25.0 Å². The highest BCUT2D eigenvalue weighted by Gasteiger charge is 2.20. The van der Waals surface area contributed by atoms with Gasteiger partial charge >= 0.3 is 0 Å². The fourth-order valence-corrected chi connectivity index (χ4v) is 1.50. The standard InChI is InChI=1S/C9H11N3O/c13-6-8-9(12-5-4-11-8)7-2-1-3-10-7/h1-3,9-12H,4-5H2. The summed E-state index contributed by atoms with van der Waals surface area (Å²) in [5.41, 5.74) is 1.57. The van der Waals surface area contributed by atoms with Crippen LogP contribution < -0.4 is 10.6 Å². The second kappa shape index (κ2) is 3.47. The van der Waals surface area contributed by atoms with Crippen LogP contribution in [-0.2, 0) is 4.79 Å². The molecule has 0 aliphatic carbocycles. The Morgan fingerprint density at radius 3 is 3.08 bits per heavy atom. The van der Waals surface area contributed by atoms with E-state index in [9.17, 15) is 4.79 Å². The van der Waals surface area contributed by atoms with Gasteiger partial charge in [0.25, 0.3) is 0 Å². The summed E-state index contributed by atoms with van der Waals surface area (Å²) in [6.07, 6.45) is 1.84. The van der Waals surface area contributed by atoms with Gasteiger partial charge in [0.1, 0.15) is 11.6 Å². The first-order valence-electron chi connectivity index (χ1n) is 4.27. The average molecular weight is 177 g/mol. The van der Waals surface area contributed by atoms with Crippen LogP contribution in [0.2, 0.25) is 0 Å². The molecule has 68 valence electrons. The smallest absolute Gasteiger partial charge is 0.147 e. The fourth-order valence-electron chi connectivity index (χ4n) is 1.50. The summed E-state index contributed by atoms with van der Waals surface area (Å²) < 4.78 is 0. The number of aromatic nitrogens is 1. The van der Waals surface area contributed by atoms with Crippen molar-refractivity contribution in [3.05, 3.63) is 29.7 Å². The van der Waals surface area contributed by atoms with Gasteiger partial charge in [-0.25, -0.2) is 4.79 Å². The zero-order valence-corrected chi connectivity index (χ0v) is 7.13. The summed E-state index contributed by atoms with van der Waals surface area (Å²) in [6, 6.07) is 3.80. The van der Waals surface area contributed by atoms with Gasteiger partial charge < -0.3 is 15.6 Å². The van der Waals surface area contributed by atoms with Crippen molar-refractivity contribution in [3.8, 4) is 0 Å². The number of nitrogens with one attached hydrogen (secondary N) is 3. The largest absolute Gasteiger partial charge is 0.377 e. The number of rotatable bonds is 1. The molecule has 0 aromatic carbocycles. The normalized spacial score (nSPS) is 22.2. The lowest BCUT2D eigenvalue weighted by Gasteiger charge is -2.24. The molecular weight excluding hydrogens is 166 g/mol. The van der Waals surface area contributed by atoms with Gasteiger partial charge in [-0.15, -0.1) is 0 Å². The predicted molar refractivity (Wildman–Crippen MR) is 48.7 cm³/mol. The van der Waals surface area contributed by atoms with E-state index in [1.54, 1.807) is 0 Å². The molecule has 1 aliphatic rings. The summed E-state index contributed by atoms with van der Waals surface area (Å²) in [5, 5.41) is 6.25. The van der Waals surface area contributed by atoms with Crippen LogP contribution in [0.4, 0.5) is 0 Å². The third kappa shape index (κ3) is 1.49. The maximum absolute atomic E-state index is 10.6. The Bertz CT molecular complexity index is 325. The molecule has 0 radical (unpaired) electrons. The summed E-state index contributed by atoms with van der Waals surface area (Å²) >= 11 is 0. The van der Waals surface area contributed by atoms with E-state index in [4.69, 9.17) is 0 Å². The molecule has 1 atom stereocenters. The van der Waals surface area contributed by atoms with Crippen molar-refractivity contribution in [1.29, 1.82) is 0 Å². The first-order chi connectivity index (χ1) is 6.42. The van der Waals surface area contributed by atoms with Crippen LogP contribution in [0.3, 0.4) is 0 Å². The maximum atomic E-state index is 10.6. The number of piperazine rings is 1. The Labute approximate surface area is 76.0 Å². The van der Waals surface area contributed by atoms with Crippen molar-refractivity contribution >= 4 is 5.94 Å². The van der Waals surface area contributed by atoms with Gasteiger partial charge in [0.05, 0.1) is 6.04 Å². The summed E-state index contributed by atoms with van der Waals surface area (Å²) in [7, 11) is 0. The monoisotopic (exact) mass is 177 g/mol. The number of hydrogen-bond donors (Lipinski definition) is 3. The number of carbonyl (C=O) groups excluding carboxylic acids is 1. The Hall–Kier alpha value is -1.51. The molecule has 2 rings (SSSR count). The Morgan fingerprint density at radius 2 is 2.38 bits per heavy atom. The van der Waals surface area contributed by atoms with Gasteiger partial charge in [0.2, 0.25) is 0 Å². The van der Waals surface area contributed by atoms with Crippen molar-refractivity contribution in [2.24, 2.45) is 0 Å². The van der Waals surface area contributed by atoms with E-state index in [0.717, 1.165) is 18.8 Å². The van der Waals surface area contributed by atoms with Crippen LogP contribution in [-0.4, -0.2) is 24.0 Å². The lowest BCUT2D eigenvalue weighted by Crippen LogP contribution is -2.41. The van der Waals surface area contributed by atoms with Crippen LogP contribution >= 0.6 is 0 Å². The Kier molecular flexibility index (Phi) is 2.17. The van der Waals surface area contributed by atoms with Crippen molar-refractivity contribution in [2.45, 2.75) is 6.04 Å². The van der Waals surface area contributed by atoms with E-state index in [0.29, 0.717) is 5.70 Å². The fraction of sp³-hybridized carbons (Fsp3) is 0.333. The van der Waals surface area contributed by atoms with Crippen molar-refractivity contribution in [2.75, 3.05) is 13.1 Å². The van der Waals surface area contributed by atoms with Crippen LogP contribution in [0.15, 0.2) is 24.0 Å². The molecule has 13 heavy (non-hydrogen) atoms. The number of hydrogen-bond acceptors (Lipinski definition) is 3. The molecule has 0 amide bonds. The van der Waals surface area contributed by atoms with Gasteiger partial charge in [-0.05, 0) is 12.1 Å². The molecule has 3 N–H and O–H groups in total. The summed E-state index contributed by atoms with van der Waals surface area (Å²) in [5.74, 6) is 1.92. The molecule has 1 unspecified atom stereocenters. The highest BCUT2D eigenvalue weighted by atomic mass is 16.1. The van der Waals surface area contributed by atoms with Gasteiger partial charge in [-0.3, -0.25) is 0 Å². The molecule has 0 bridgehead atoms.